The van der Waals surface area contributed by atoms with Crippen LogP contribution in [0.4, 0.5) is 11.4 Å². The largest absolute Gasteiger partial charge is 0.494 e. The van der Waals surface area contributed by atoms with E-state index in [1.165, 1.54) is 82.3 Å². The Morgan fingerprint density at radius 2 is 1.17 bits per heavy atom. The molecule has 0 unspecified atom stereocenters. The summed E-state index contributed by atoms with van der Waals surface area (Å²) >= 11 is 0. The van der Waals surface area contributed by atoms with Gasteiger partial charge in [0.1, 0.15) is 22.1 Å². The van der Waals surface area contributed by atoms with Crippen LogP contribution in [0.2, 0.25) is 0 Å². The molecule has 0 saturated carbocycles. The minimum absolute atomic E-state index is 0. The van der Waals surface area contributed by atoms with E-state index in [1.807, 2.05) is 0 Å². The van der Waals surface area contributed by atoms with E-state index in [0.29, 0.717) is 17.2 Å². The van der Waals surface area contributed by atoms with Gasteiger partial charge in [-0.1, -0.05) is 31.7 Å². The van der Waals surface area contributed by atoms with Crippen LogP contribution < -0.4 is 19.9 Å². The van der Waals surface area contributed by atoms with Crippen molar-refractivity contribution in [2.45, 2.75) is 17.2 Å². The maximum atomic E-state index is 12.5. The molecule has 14 nitrogen and oxygen atoms in total. The van der Waals surface area contributed by atoms with Gasteiger partial charge >= 0.3 is 11.9 Å². The fourth-order valence-corrected chi connectivity index (χ4v) is 5.66. The number of nitrogen functional groups attached to an aromatic ring is 1. The third-order valence-electron chi connectivity index (χ3n) is 5.41. The second-order valence-electron chi connectivity index (χ2n) is 8.21. The van der Waals surface area contributed by atoms with E-state index in [4.69, 9.17) is 25.9 Å². The van der Waals surface area contributed by atoms with E-state index in [9.17, 15) is 26.4 Å². The number of hydrogen-bond acceptors (Lipinski definition) is 13. The standard InChI is InChI=1S/C14H14N2O5S.C8H7ClO4S.C6H8N2O.CH4/c1-20-12-7-8-15-9-11(12)16-22(18,19)13-6-4-3-5-10(13)14(17)21-2;1-13-8(10)6-4-2-3-5-7(6)14(9,11)12;1-9-6-2-3-8-4-5(6)7;/h3-9,16H,1-2H3;2-5H,1H3;2-4H,7H2,1H3;1H4. The first-order valence-electron chi connectivity index (χ1n) is 12.3. The number of sulfonamides is 1. The highest BCUT2D eigenvalue weighted by Gasteiger charge is 2.24. The average Bonchev–Trinajstić information content (AvgIpc) is 3.04. The molecule has 4 rings (SSSR count). The van der Waals surface area contributed by atoms with Gasteiger partial charge in [0.25, 0.3) is 19.1 Å². The predicted molar refractivity (Wildman–Crippen MR) is 172 cm³/mol. The van der Waals surface area contributed by atoms with Crippen molar-refractivity contribution in [1.29, 1.82) is 0 Å². The van der Waals surface area contributed by atoms with Gasteiger partial charge in [-0.3, -0.25) is 14.7 Å². The number of esters is 2. The molecule has 0 aliphatic carbocycles. The van der Waals surface area contributed by atoms with Crippen LogP contribution in [0.25, 0.3) is 0 Å². The van der Waals surface area contributed by atoms with E-state index in [1.54, 1.807) is 31.6 Å². The van der Waals surface area contributed by atoms with Crippen LogP contribution in [0.5, 0.6) is 11.5 Å². The SMILES string of the molecule is C.COC(=O)c1ccccc1S(=O)(=O)Cl.COC(=O)c1ccccc1S(=O)(=O)Nc1cnccc1OC.COc1ccncc1N. The van der Waals surface area contributed by atoms with E-state index < -0.39 is 31.0 Å². The molecule has 0 bridgehead atoms. The van der Waals surface area contributed by atoms with Crippen molar-refractivity contribution in [3.05, 3.63) is 96.6 Å². The number of benzene rings is 2. The molecule has 0 atom stereocenters. The third kappa shape index (κ3) is 10.9. The quantitative estimate of drug-likeness (QED) is 0.194. The number of aromatic nitrogens is 2. The maximum absolute atomic E-state index is 12.5. The lowest BCUT2D eigenvalue weighted by molar-refractivity contribution is 0.0587. The highest BCUT2D eigenvalue weighted by Crippen LogP contribution is 2.26. The fourth-order valence-electron chi connectivity index (χ4n) is 3.35. The lowest BCUT2D eigenvalue weighted by Gasteiger charge is -2.13. The zero-order valence-electron chi connectivity index (χ0n) is 24.3. The summed E-state index contributed by atoms with van der Waals surface area (Å²) in [4.78, 5) is 30.0. The van der Waals surface area contributed by atoms with Crippen LogP contribution in [0, 0.1) is 0 Å². The Balaban J connectivity index is 0.000000377. The minimum atomic E-state index is -4.00. The Bertz CT molecular complexity index is 1840. The van der Waals surface area contributed by atoms with Gasteiger partial charge in [0, 0.05) is 35.2 Å². The number of ether oxygens (including phenoxy) is 4. The van der Waals surface area contributed by atoms with Crippen molar-refractivity contribution >= 4 is 53.1 Å². The van der Waals surface area contributed by atoms with Crippen LogP contribution in [0.1, 0.15) is 28.1 Å². The van der Waals surface area contributed by atoms with Gasteiger partial charge in [0.15, 0.2) is 0 Å². The third-order valence-corrected chi connectivity index (χ3v) is 8.22. The molecule has 2 heterocycles. The number of pyridine rings is 2. The van der Waals surface area contributed by atoms with Crippen LogP contribution in [0.3, 0.4) is 0 Å². The fraction of sp³-hybridized carbons (Fsp3) is 0.172. The van der Waals surface area contributed by atoms with E-state index in [0.717, 1.165) is 0 Å². The zero-order valence-corrected chi connectivity index (χ0v) is 26.7. The molecular formula is C29H33ClN4O10S2. The van der Waals surface area contributed by atoms with Crippen LogP contribution in [0.15, 0.2) is 95.2 Å². The molecule has 0 radical (unpaired) electrons. The van der Waals surface area contributed by atoms with Crippen LogP contribution >= 0.6 is 10.7 Å². The van der Waals surface area contributed by atoms with Crippen LogP contribution in [-0.4, -0.2) is 67.2 Å². The topological polar surface area (TPSA) is 203 Å². The maximum Gasteiger partial charge on any atom is 0.339 e. The minimum Gasteiger partial charge on any atom is -0.494 e. The molecule has 0 spiro atoms. The van der Waals surface area contributed by atoms with Gasteiger partial charge in [-0.25, -0.2) is 26.4 Å². The van der Waals surface area contributed by atoms with Gasteiger partial charge in [0.2, 0.25) is 0 Å². The molecule has 0 aliphatic heterocycles. The van der Waals surface area contributed by atoms with Gasteiger partial charge < -0.3 is 24.7 Å². The predicted octanol–water partition coefficient (Wildman–Crippen LogP) is 4.39. The highest BCUT2D eigenvalue weighted by atomic mass is 35.7. The summed E-state index contributed by atoms with van der Waals surface area (Å²) in [6.07, 6.45) is 5.98. The number of halogens is 1. The first-order chi connectivity index (χ1) is 21.3. The number of nitrogens with one attached hydrogen (secondary N) is 1. The Morgan fingerprint density at radius 3 is 1.63 bits per heavy atom. The average molecular weight is 697 g/mol. The smallest absolute Gasteiger partial charge is 0.339 e. The number of hydrogen-bond donors (Lipinski definition) is 2. The van der Waals surface area contributed by atoms with Gasteiger partial charge in [-0.2, -0.15) is 0 Å². The summed E-state index contributed by atoms with van der Waals surface area (Å²) in [5.74, 6) is -0.483. The Labute approximate surface area is 271 Å². The molecule has 4 aromatic rings. The highest BCUT2D eigenvalue weighted by molar-refractivity contribution is 8.13. The number of carbonyl (C=O) groups is 2. The molecule has 248 valence electrons. The first-order valence-corrected chi connectivity index (χ1v) is 16.1. The van der Waals surface area contributed by atoms with Crippen molar-refractivity contribution in [2.24, 2.45) is 0 Å². The summed E-state index contributed by atoms with van der Waals surface area (Å²) in [5, 5.41) is 0. The lowest BCUT2D eigenvalue weighted by Crippen LogP contribution is -2.18. The summed E-state index contributed by atoms with van der Waals surface area (Å²) in [6.45, 7) is 0. The first kappa shape index (κ1) is 39.1. The van der Waals surface area contributed by atoms with Crippen molar-refractivity contribution in [3.8, 4) is 11.5 Å². The van der Waals surface area contributed by atoms with Crippen molar-refractivity contribution < 1.29 is 45.4 Å². The van der Waals surface area contributed by atoms with E-state index >= 15 is 0 Å². The zero-order chi connectivity index (χ0) is 33.6. The van der Waals surface area contributed by atoms with Crippen molar-refractivity contribution in [2.75, 3.05) is 38.9 Å². The monoisotopic (exact) mass is 696 g/mol. The normalized spacial score (nSPS) is 10.3. The Kier molecular flexibility index (Phi) is 15.4. The summed E-state index contributed by atoms with van der Waals surface area (Å²) in [6, 6.07) is 14.6. The summed E-state index contributed by atoms with van der Waals surface area (Å²) < 4.78 is 68.4. The molecule has 0 fully saturated rings. The number of methoxy groups -OCH3 is 4. The number of anilines is 2. The molecule has 46 heavy (non-hydrogen) atoms. The molecule has 2 aromatic carbocycles. The number of carbonyl (C=O) groups excluding carboxylic acids is 2. The molecule has 2 aromatic heterocycles. The molecule has 0 aliphatic rings. The summed E-state index contributed by atoms with van der Waals surface area (Å²) in [7, 11) is 2.55. The lowest BCUT2D eigenvalue weighted by atomic mass is 10.2. The second kappa shape index (κ2) is 18.1. The molecule has 0 amide bonds. The van der Waals surface area contributed by atoms with Crippen molar-refractivity contribution in [3.63, 3.8) is 0 Å². The molecule has 0 saturated heterocycles. The van der Waals surface area contributed by atoms with Crippen LogP contribution in [-0.2, 0) is 28.5 Å². The van der Waals surface area contributed by atoms with Gasteiger partial charge in [-0.05, 0) is 24.3 Å². The molecular weight excluding hydrogens is 664 g/mol. The second-order valence-corrected chi connectivity index (χ2v) is 12.4. The number of nitrogens with two attached hydrogens (primary N) is 1. The number of rotatable bonds is 8. The van der Waals surface area contributed by atoms with Gasteiger partial charge in [-0.15, -0.1) is 0 Å². The Morgan fingerprint density at radius 1 is 0.717 bits per heavy atom. The van der Waals surface area contributed by atoms with Crippen molar-refractivity contribution in [1.82, 2.24) is 9.97 Å². The molecule has 17 heteroatoms. The van der Waals surface area contributed by atoms with E-state index in [-0.39, 0.29) is 34.0 Å². The number of nitrogens with zero attached hydrogens (tertiary/aromatic N) is 2. The summed E-state index contributed by atoms with van der Waals surface area (Å²) in [5.41, 5.74) is 6.06. The van der Waals surface area contributed by atoms with E-state index in [2.05, 4.69) is 24.2 Å². The molecule has 3 N–H and O–H groups in total. The van der Waals surface area contributed by atoms with Gasteiger partial charge in [0.05, 0.1) is 62.5 Å². The Hall–Kier alpha value is -4.93.